The van der Waals surface area contributed by atoms with Gasteiger partial charge in [-0.05, 0) is 53.6 Å². The van der Waals surface area contributed by atoms with E-state index in [2.05, 4.69) is 4.74 Å². The van der Waals surface area contributed by atoms with Crippen LogP contribution in [0.2, 0.25) is 0 Å². The number of carbonyl (C=O) groups is 1. The third kappa shape index (κ3) is 5.32. The van der Waals surface area contributed by atoms with Crippen LogP contribution < -0.4 is 0 Å². The van der Waals surface area contributed by atoms with Gasteiger partial charge in [0.1, 0.15) is 0 Å². The number of aryl methyl sites for hydroxylation is 1. The molecule has 0 aliphatic rings. The summed E-state index contributed by atoms with van der Waals surface area (Å²) in [7, 11) is -8.72. The second kappa shape index (κ2) is 10.2. The average molecular weight is 509 g/mol. The number of rotatable bonds is 9. The molecule has 0 bridgehead atoms. The molecule has 0 spiro atoms. The van der Waals surface area contributed by atoms with Crippen molar-refractivity contribution >= 4 is 26.4 Å². The van der Waals surface area contributed by atoms with E-state index in [1.165, 1.54) is 13.8 Å². The van der Waals surface area contributed by atoms with Gasteiger partial charge in [-0.1, -0.05) is 67.9 Å². The molecular formula is C25H26F2O5S2. The van der Waals surface area contributed by atoms with Gasteiger partial charge in [0.05, 0.1) is 5.92 Å². The lowest BCUT2D eigenvalue weighted by atomic mass is 10.2. The van der Waals surface area contributed by atoms with Gasteiger partial charge in [0.15, 0.2) is 6.61 Å². The van der Waals surface area contributed by atoms with Crippen LogP contribution >= 0.6 is 10.3 Å². The van der Waals surface area contributed by atoms with Crippen LogP contribution in [-0.4, -0.2) is 26.2 Å². The van der Waals surface area contributed by atoms with Crippen molar-refractivity contribution in [2.75, 3.05) is 6.61 Å². The Hall–Kier alpha value is -2.75. The first-order valence-corrected chi connectivity index (χ1v) is 13.5. The summed E-state index contributed by atoms with van der Waals surface area (Å²) in [6.45, 7) is 3.14. The minimum atomic E-state index is -5.57. The van der Waals surface area contributed by atoms with Gasteiger partial charge in [0.25, 0.3) is 0 Å². The minimum absolute atomic E-state index is 0.420. The molecule has 3 rings (SSSR count). The van der Waals surface area contributed by atoms with E-state index >= 15 is 0 Å². The first-order valence-electron chi connectivity index (χ1n) is 10.5. The summed E-state index contributed by atoms with van der Waals surface area (Å²) < 4.78 is 66.3. The molecule has 0 radical (unpaired) electrons. The smallest absolute Gasteiger partial charge is 0.403 e. The Morgan fingerprint density at radius 2 is 1.26 bits per heavy atom. The summed E-state index contributed by atoms with van der Waals surface area (Å²) >= 11 is 0. The third-order valence-electron chi connectivity index (χ3n) is 4.91. The highest BCUT2D eigenvalue weighted by Crippen LogP contribution is 2.70. The van der Waals surface area contributed by atoms with Crippen LogP contribution in [0.4, 0.5) is 8.78 Å². The molecule has 3 aromatic rings. The maximum Gasteiger partial charge on any atom is 0.403 e. The van der Waals surface area contributed by atoms with Gasteiger partial charge in [-0.3, -0.25) is 4.79 Å². The molecule has 0 atom stereocenters. The van der Waals surface area contributed by atoms with Crippen molar-refractivity contribution in [3.05, 3.63) is 90.5 Å². The minimum Gasteiger partial charge on any atom is -0.458 e. The Morgan fingerprint density at radius 3 is 1.71 bits per heavy atom. The number of hydrogen-bond donors (Lipinski definition) is 0. The molecule has 0 fully saturated rings. The van der Waals surface area contributed by atoms with E-state index < -0.39 is 44.2 Å². The summed E-state index contributed by atoms with van der Waals surface area (Å²) in [5.41, 5.74) is 0.909. The van der Waals surface area contributed by atoms with Gasteiger partial charge in [0.2, 0.25) is 0 Å². The highest BCUT2D eigenvalue weighted by Gasteiger charge is 2.52. The zero-order valence-corrected chi connectivity index (χ0v) is 20.6. The predicted molar refractivity (Wildman–Crippen MR) is 127 cm³/mol. The second-order valence-corrected chi connectivity index (χ2v) is 12.5. The summed E-state index contributed by atoms with van der Waals surface area (Å²) in [4.78, 5) is 13.0. The predicted octanol–water partition coefficient (Wildman–Crippen LogP) is 6.33. The molecule has 0 unspecified atom stereocenters. The lowest BCUT2D eigenvalue weighted by Gasteiger charge is -2.40. The number of alkyl halides is 2. The quantitative estimate of drug-likeness (QED) is 0.316. The molecule has 0 aliphatic carbocycles. The fraction of sp³-hybridized carbons (Fsp3) is 0.240. The molecule has 5 nitrogen and oxygen atoms in total. The topological polar surface area (TPSA) is 69.7 Å². The molecule has 0 aromatic heterocycles. The first kappa shape index (κ1) is 25.9. The van der Waals surface area contributed by atoms with E-state index in [-0.39, 0.29) is 0 Å². The highest BCUT2D eigenvalue weighted by molar-refractivity contribution is 8.33. The van der Waals surface area contributed by atoms with E-state index in [9.17, 15) is 22.0 Å². The zero-order valence-electron chi connectivity index (χ0n) is 19.0. The largest absolute Gasteiger partial charge is 0.458 e. The Labute approximate surface area is 200 Å². The van der Waals surface area contributed by atoms with Gasteiger partial charge >= 0.3 is 21.3 Å². The van der Waals surface area contributed by atoms with Crippen molar-refractivity contribution < 1.29 is 30.4 Å². The van der Waals surface area contributed by atoms with Gasteiger partial charge < -0.3 is 4.74 Å². The van der Waals surface area contributed by atoms with Crippen LogP contribution in [0, 0.1) is 12.8 Å². The molecular weight excluding hydrogens is 482 g/mol. The average Bonchev–Trinajstić information content (AvgIpc) is 2.82. The molecule has 3 aromatic carbocycles. The maximum absolute atomic E-state index is 15.0. The molecule has 182 valence electrons. The van der Waals surface area contributed by atoms with E-state index in [0.717, 1.165) is 5.56 Å². The van der Waals surface area contributed by atoms with Gasteiger partial charge in [-0.2, -0.15) is 17.2 Å². The number of esters is 1. The van der Waals surface area contributed by atoms with Crippen LogP contribution in [-0.2, 0) is 23.3 Å². The summed E-state index contributed by atoms with van der Waals surface area (Å²) in [5.74, 6) is -1.62. The molecule has 34 heavy (non-hydrogen) atoms. The van der Waals surface area contributed by atoms with Crippen LogP contribution in [0.25, 0.3) is 0 Å². The van der Waals surface area contributed by atoms with E-state index in [1.54, 1.807) is 84.9 Å². The van der Waals surface area contributed by atoms with Crippen molar-refractivity contribution in [1.82, 2.24) is 0 Å². The SMILES string of the molecule is Cc1ccc(S(OS(=O)(=O)C(F)(F)COC(=O)C(C)C)(c2ccccc2)c2ccccc2)cc1. The first-order chi connectivity index (χ1) is 16.0. The lowest BCUT2D eigenvalue weighted by Crippen LogP contribution is -2.37. The standard InChI is InChI=1S/C25H26F2O5S2/c1-19(2)24(28)31-18-25(26,27)34(29,30)32-33(21-10-6-4-7-11-21,22-12-8-5-9-13-22)23-16-14-20(3)15-17-23/h4-17,19H,18H2,1-3H3. The molecule has 0 N–H and O–H groups in total. The molecule has 0 aliphatic heterocycles. The van der Waals surface area contributed by atoms with Crippen LogP contribution in [0.5, 0.6) is 0 Å². The summed E-state index contributed by atoms with van der Waals surface area (Å²) in [5, 5.41) is -4.47. The molecule has 0 heterocycles. The van der Waals surface area contributed by atoms with E-state index in [1.807, 2.05) is 6.92 Å². The lowest BCUT2D eigenvalue weighted by molar-refractivity contribution is -0.153. The Bertz CT molecular complexity index is 1170. The fourth-order valence-electron chi connectivity index (χ4n) is 3.06. The van der Waals surface area contributed by atoms with Gasteiger partial charge in [-0.25, -0.2) is 3.63 Å². The maximum atomic E-state index is 15.0. The fourth-order valence-corrected chi connectivity index (χ4v) is 8.09. The Morgan fingerprint density at radius 1 is 0.824 bits per heavy atom. The Balaban J connectivity index is 2.19. The number of ether oxygens (including phenoxy) is 1. The van der Waals surface area contributed by atoms with Crippen molar-refractivity contribution in [1.29, 1.82) is 0 Å². The molecule has 0 saturated carbocycles. The van der Waals surface area contributed by atoms with Gasteiger partial charge in [0, 0.05) is 14.7 Å². The highest BCUT2D eigenvalue weighted by atomic mass is 32.3. The zero-order chi connectivity index (χ0) is 25.0. The summed E-state index contributed by atoms with van der Waals surface area (Å²) in [6, 6.07) is 23.7. The molecule has 0 saturated heterocycles. The second-order valence-electron chi connectivity index (χ2n) is 7.92. The van der Waals surface area contributed by atoms with E-state index in [0.29, 0.717) is 14.7 Å². The molecule has 9 heteroatoms. The van der Waals surface area contributed by atoms with Crippen molar-refractivity contribution in [3.8, 4) is 0 Å². The third-order valence-corrected chi connectivity index (χ3v) is 10.1. The number of halogens is 2. The molecule has 0 amide bonds. The summed E-state index contributed by atoms with van der Waals surface area (Å²) in [6.07, 6.45) is 0. The number of benzene rings is 3. The van der Waals surface area contributed by atoms with Crippen LogP contribution in [0.15, 0.2) is 99.6 Å². The van der Waals surface area contributed by atoms with Crippen molar-refractivity contribution in [2.45, 2.75) is 40.7 Å². The van der Waals surface area contributed by atoms with Gasteiger partial charge in [-0.15, -0.1) is 0 Å². The van der Waals surface area contributed by atoms with Crippen molar-refractivity contribution in [2.24, 2.45) is 5.92 Å². The Kier molecular flexibility index (Phi) is 7.80. The number of carbonyl (C=O) groups excluding carboxylic acids is 1. The van der Waals surface area contributed by atoms with Crippen LogP contribution in [0.3, 0.4) is 0 Å². The normalized spacial score (nSPS) is 13.0. The van der Waals surface area contributed by atoms with Crippen LogP contribution in [0.1, 0.15) is 19.4 Å². The van der Waals surface area contributed by atoms with E-state index in [4.69, 9.17) is 3.63 Å². The monoisotopic (exact) mass is 508 g/mol. The van der Waals surface area contributed by atoms with Crippen molar-refractivity contribution in [3.63, 3.8) is 0 Å². The number of hydrogen-bond acceptors (Lipinski definition) is 5.